The van der Waals surface area contributed by atoms with Gasteiger partial charge in [-0.15, -0.1) is 24.0 Å². The first-order valence-electron chi connectivity index (χ1n) is 7.46. The van der Waals surface area contributed by atoms with Gasteiger partial charge in [-0.3, -0.25) is 0 Å². The minimum atomic E-state index is -4.48. The van der Waals surface area contributed by atoms with Crippen molar-refractivity contribution in [3.63, 3.8) is 0 Å². The molecular weight excluding hydrogens is 434 g/mol. The Morgan fingerprint density at radius 2 is 1.88 bits per heavy atom. The van der Waals surface area contributed by atoms with Crippen molar-refractivity contribution < 1.29 is 17.9 Å². The van der Waals surface area contributed by atoms with Crippen LogP contribution in [0, 0.1) is 0 Å². The van der Waals surface area contributed by atoms with Crippen molar-refractivity contribution in [2.75, 3.05) is 6.54 Å². The van der Waals surface area contributed by atoms with Crippen LogP contribution in [0.2, 0.25) is 0 Å². The first-order valence-corrected chi connectivity index (χ1v) is 7.46. The predicted octanol–water partition coefficient (Wildman–Crippen LogP) is 4.32. The molecule has 0 fully saturated rings. The van der Waals surface area contributed by atoms with Gasteiger partial charge in [0, 0.05) is 6.54 Å². The second kappa shape index (κ2) is 9.33. The largest absolute Gasteiger partial charge is 0.488 e. The second-order valence-corrected chi connectivity index (χ2v) is 6.16. The highest BCUT2D eigenvalue weighted by molar-refractivity contribution is 14.0. The summed E-state index contributed by atoms with van der Waals surface area (Å²) in [5, 5.41) is 2.83. The van der Waals surface area contributed by atoms with Crippen LogP contribution in [0.4, 0.5) is 13.2 Å². The molecule has 1 rings (SSSR count). The van der Waals surface area contributed by atoms with E-state index in [0.717, 1.165) is 12.5 Å². The number of nitrogens with two attached hydrogens (primary N) is 1. The van der Waals surface area contributed by atoms with Gasteiger partial charge in [0.2, 0.25) is 0 Å². The Morgan fingerprint density at radius 1 is 1.25 bits per heavy atom. The molecule has 0 aromatic heterocycles. The summed E-state index contributed by atoms with van der Waals surface area (Å²) in [5.74, 6) is 0.310. The number of hydrogen-bond donors (Lipinski definition) is 2. The molecule has 0 amide bonds. The molecule has 3 N–H and O–H groups in total. The molecule has 0 bridgehead atoms. The average molecular weight is 459 g/mol. The number of rotatable bonds is 5. The zero-order chi connectivity index (χ0) is 17.7. The third kappa shape index (κ3) is 8.07. The van der Waals surface area contributed by atoms with Crippen molar-refractivity contribution in [1.29, 1.82) is 0 Å². The Morgan fingerprint density at radius 3 is 2.38 bits per heavy atom. The van der Waals surface area contributed by atoms with E-state index in [1.165, 1.54) is 12.1 Å². The van der Waals surface area contributed by atoms with Crippen LogP contribution in [0.3, 0.4) is 0 Å². The van der Waals surface area contributed by atoms with Crippen molar-refractivity contribution in [2.24, 2.45) is 10.7 Å². The fourth-order valence-electron chi connectivity index (χ4n) is 1.85. The molecule has 1 aromatic rings. The van der Waals surface area contributed by atoms with Crippen LogP contribution in [-0.4, -0.2) is 18.1 Å². The van der Waals surface area contributed by atoms with E-state index in [0.29, 0.717) is 6.54 Å². The standard InChI is InChI=1S/C16H24F3N3O.HI/c1-5-8-21-14(20)22-10-11-6-7-12(23-15(2,3)4)9-13(11)16(17,18)19;/h6-7,9H,5,8,10H2,1-4H3,(H3,20,21,22);1H. The smallest absolute Gasteiger partial charge is 0.416 e. The average Bonchev–Trinajstić information content (AvgIpc) is 2.40. The number of aliphatic imine (C=N–C) groups is 1. The van der Waals surface area contributed by atoms with Crippen LogP contribution in [0.1, 0.15) is 45.2 Å². The van der Waals surface area contributed by atoms with E-state index < -0.39 is 17.3 Å². The Balaban J connectivity index is 0.00000529. The maximum Gasteiger partial charge on any atom is 0.416 e. The van der Waals surface area contributed by atoms with Crippen molar-refractivity contribution in [3.8, 4) is 5.75 Å². The van der Waals surface area contributed by atoms with Gasteiger partial charge >= 0.3 is 6.18 Å². The van der Waals surface area contributed by atoms with Gasteiger partial charge in [0.1, 0.15) is 11.4 Å². The lowest BCUT2D eigenvalue weighted by Crippen LogP contribution is -2.32. The van der Waals surface area contributed by atoms with Gasteiger partial charge in [-0.05, 0) is 44.9 Å². The molecule has 0 spiro atoms. The van der Waals surface area contributed by atoms with E-state index in [1.54, 1.807) is 20.8 Å². The molecule has 138 valence electrons. The number of nitrogens with zero attached hydrogens (tertiary/aromatic N) is 1. The molecule has 24 heavy (non-hydrogen) atoms. The molecule has 0 aliphatic rings. The number of hydrogen-bond acceptors (Lipinski definition) is 2. The quantitative estimate of drug-likeness (QED) is 0.392. The number of benzene rings is 1. The van der Waals surface area contributed by atoms with Crippen molar-refractivity contribution >= 4 is 29.9 Å². The Kier molecular flexibility index (Phi) is 8.87. The maximum atomic E-state index is 13.2. The first kappa shape index (κ1) is 22.8. The summed E-state index contributed by atoms with van der Waals surface area (Å²) in [6.07, 6.45) is -3.63. The Hall–Kier alpha value is -1.19. The highest BCUT2D eigenvalue weighted by atomic mass is 127. The molecule has 0 atom stereocenters. The lowest BCUT2D eigenvalue weighted by Gasteiger charge is -2.22. The Bertz CT molecular complexity index is 554. The maximum absolute atomic E-state index is 13.2. The zero-order valence-corrected chi connectivity index (χ0v) is 16.7. The molecule has 0 aliphatic heterocycles. The van der Waals surface area contributed by atoms with E-state index in [9.17, 15) is 13.2 Å². The van der Waals surface area contributed by atoms with Gasteiger partial charge < -0.3 is 15.8 Å². The highest BCUT2D eigenvalue weighted by Crippen LogP contribution is 2.35. The van der Waals surface area contributed by atoms with Crippen LogP contribution < -0.4 is 15.8 Å². The number of ether oxygens (including phenoxy) is 1. The minimum absolute atomic E-state index is 0. The lowest BCUT2D eigenvalue weighted by atomic mass is 10.1. The van der Waals surface area contributed by atoms with Crippen molar-refractivity contribution in [1.82, 2.24) is 5.32 Å². The highest BCUT2D eigenvalue weighted by Gasteiger charge is 2.34. The summed E-state index contributed by atoms with van der Waals surface area (Å²) >= 11 is 0. The number of nitrogens with one attached hydrogen (secondary N) is 1. The molecule has 0 radical (unpaired) electrons. The van der Waals surface area contributed by atoms with Gasteiger partial charge in [0.05, 0.1) is 12.1 Å². The molecule has 0 heterocycles. The van der Waals surface area contributed by atoms with Crippen molar-refractivity contribution in [2.45, 2.75) is 52.4 Å². The van der Waals surface area contributed by atoms with Crippen LogP contribution in [0.15, 0.2) is 23.2 Å². The predicted molar refractivity (Wildman–Crippen MR) is 101 cm³/mol. The van der Waals surface area contributed by atoms with E-state index in [1.807, 2.05) is 6.92 Å². The molecule has 0 aliphatic carbocycles. The van der Waals surface area contributed by atoms with Gasteiger partial charge in [-0.2, -0.15) is 13.2 Å². The van der Waals surface area contributed by atoms with Crippen molar-refractivity contribution in [3.05, 3.63) is 29.3 Å². The summed E-state index contributed by atoms with van der Waals surface area (Å²) in [5.41, 5.74) is 4.34. The van der Waals surface area contributed by atoms with Gasteiger partial charge in [0.15, 0.2) is 5.96 Å². The van der Waals surface area contributed by atoms with Gasteiger partial charge in [-0.1, -0.05) is 13.0 Å². The second-order valence-electron chi connectivity index (χ2n) is 6.16. The summed E-state index contributed by atoms with van der Waals surface area (Å²) in [4.78, 5) is 3.95. The third-order valence-corrected chi connectivity index (χ3v) is 2.79. The molecular formula is C16H25F3IN3O. The molecule has 0 saturated heterocycles. The van der Waals surface area contributed by atoms with E-state index in [-0.39, 0.29) is 47.8 Å². The van der Waals surface area contributed by atoms with Crippen LogP contribution in [0.25, 0.3) is 0 Å². The number of halogens is 4. The molecule has 0 saturated carbocycles. The van der Waals surface area contributed by atoms with Crippen LogP contribution >= 0.6 is 24.0 Å². The summed E-state index contributed by atoms with van der Waals surface area (Å²) in [6, 6.07) is 3.90. The molecule has 8 heteroatoms. The van der Waals surface area contributed by atoms with Crippen LogP contribution in [0.5, 0.6) is 5.75 Å². The normalized spacial score (nSPS) is 12.5. The molecule has 4 nitrogen and oxygen atoms in total. The van der Waals surface area contributed by atoms with Gasteiger partial charge in [0.25, 0.3) is 0 Å². The zero-order valence-electron chi connectivity index (χ0n) is 14.3. The fraction of sp³-hybridized carbons (Fsp3) is 0.562. The monoisotopic (exact) mass is 459 g/mol. The minimum Gasteiger partial charge on any atom is -0.488 e. The number of guanidine groups is 1. The molecule has 0 unspecified atom stereocenters. The summed E-state index contributed by atoms with van der Waals surface area (Å²) < 4.78 is 45.2. The first-order chi connectivity index (χ1) is 10.5. The van der Waals surface area contributed by atoms with E-state index >= 15 is 0 Å². The Labute approximate surface area is 158 Å². The fourth-order valence-corrected chi connectivity index (χ4v) is 1.85. The lowest BCUT2D eigenvalue weighted by molar-refractivity contribution is -0.138. The summed E-state index contributed by atoms with van der Waals surface area (Å²) in [7, 11) is 0. The SMILES string of the molecule is CCCNC(N)=NCc1ccc(OC(C)(C)C)cc1C(F)(F)F.I. The van der Waals surface area contributed by atoms with Crippen LogP contribution in [-0.2, 0) is 12.7 Å². The number of alkyl halides is 3. The van der Waals surface area contributed by atoms with E-state index in [4.69, 9.17) is 10.5 Å². The topological polar surface area (TPSA) is 59.6 Å². The van der Waals surface area contributed by atoms with Gasteiger partial charge in [-0.25, -0.2) is 4.99 Å². The third-order valence-electron chi connectivity index (χ3n) is 2.79. The summed E-state index contributed by atoms with van der Waals surface area (Å²) in [6.45, 7) is 7.76. The van der Waals surface area contributed by atoms with E-state index in [2.05, 4.69) is 10.3 Å². The molecule has 1 aromatic carbocycles.